The third kappa shape index (κ3) is 5.01. The first-order valence-corrected chi connectivity index (χ1v) is 12.3. The number of thiophene rings is 1. The van der Waals surface area contributed by atoms with E-state index in [4.69, 9.17) is 4.98 Å². The number of benzene rings is 1. The van der Waals surface area contributed by atoms with Gasteiger partial charge in [0, 0.05) is 43.9 Å². The lowest BCUT2D eigenvalue weighted by Gasteiger charge is -2.27. The summed E-state index contributed by atoms with van der Waals surface area (Å²) in [6.45, 7) is 8.69. The Kier molecular flexibility index (Phi) is 6.89. The number of pyridine rings is 1. The molecule has 0 spiro atoms. The molecule has 0 N–H and O–H groups in total. The molecule has 6 heteroatoms. The average Bonchev–Trinajstić information content (AvgIpc) is 3.44. The lowest BCUT2D eigenvalue weighted by molar-refractivity contribution is -0.135. The predicted molar refractivity (Wildman–Crippen MR) is 130 cm³/mol. The zero-order chi connectivity index (χ0) is 22.7. The van der Waals surface area contributed by atoms with Crippen molar-refractivity contribution < 1.29 is 9.59 Å². The summed E-state index contributed by atoms with van der Waals surface area (Å²) in [7, 11) is 0. The maximum atomic E-state index is 13.1. The molecule has 0 bridgehead atoms. The van der Waals surface area contributed by atoms with Crippen LogP contribution in [0.1, 0.15) is 44.2 Å². The van der Waals surface area contributed by atoms with Crippen LogP contribution in [0.5, 0.6) is 0 Å². The first-order chi connectivity index (χ1) is 15.4. The molecule has 0 aliphatic carbocycles. The maximum Gasteiger partial charge on any atom is 0.225 e. The summed E-state index contributed by atoms with van der Waals surface area (Å²) in [5, 5.41) is 3.16. The minimum atomic E-state index is -0.0794. The first kappa shape index (κ1) is 22.5. The molecular weight excluding hydrogens is 418 g/mol. The van der Waals surface area contributed by atoms with Gasteiger partial charge in [0.1, 0.15) is 0 Å². The second kappa shape index (κ2) is 9.82. The van der Waals surface area contributed by atoms with Gasteiger partial charge in [0.2, 0.25) is 11.8 Å². The third-order valence-corrected chi connectivity index (χ3v) is 6.87. The summed E-state index contributed by atoms with van der Waals surface area (Å²) in [6, 6.07) is 12.6. The van der Waals surface area contributed by atoms with Gasteiger partial charge in [-0.25, -0.2) is 4.98 Å². The van der Waals surface area contributed by atoms with Crippen molar-refractivity contribution in [3.8, 4) is 10.6 Å². The molecule has 3 aromatic rings. The van der Waals surface area contributed by atoms with E-state index in [1.54, 1.807) is 11.3 Å². The zero-order valence-electron chi connectivity index (χ0n) is 19.1. The van der Waals surface area contributed by atoms with Crippen molar-refractivity contribution in [2.45, 2.75) is 46.6 Å². The van der Waals surface area contributed by atoms with Crippen LogP contribution in [-0.4, -0.2) is 46.2 Å². The molecule has 0 saturated carbocycles. The number of carbonyl (C=O) groups is 2. The number of amides is 2. The molecule has 2 aromatic heterocycles. The predicted octanol–water partition coefficient (Wildman–Crippen LogP) is 5.27. The Balaban J connectivity index is 1.62. The Bertz CT molecular complexity index is 1110. The van der Waals surface area contributed by atoms with Crippen molar-refractivity contribution in [1.82, 2.24) is 14.8 Å². The highest BCUT2D eigenvalue weighted by molar-refractivity contribution is 7.13. The fourth-order valence-electron chi connectivity index (χ4n) is 4.32. The van der Waals surface area contributed by atoms with E-state index in [9.17, 15) is 9.59 Å². The molecular formula is C26H31N3O2S. The Morgan fingerprint density at radius 3 is 2.78 bits per heavy atom. The SMILES string of the molecule is Cc1ccc2nc(-c3cccs3)c(CN(CCCN3CCCC3=O)C(=O)C(C)C)cc2c1. The Morgan fingerprint density at radius 1 is 1.25 bits per heavy atom. The van der Waals surface area contributed by atoms with Gasteiger partial charge in [-0.3, -0.25) is 9.59 Å². The van der Waals surface area contributed by atoms with Crippen LogP contribution in [0.4, 0.5) is 0 Å². The summed E-state index contributed by atoms with van der Waals surface area (Å²) >= 11 is 1.67. The van der Waals surface area contributed by atoms with Crippen LogP contribution in [0.25, 0.3) is 21.5 Å². The van der Waals surface area contributed by atoms with Crippen molar-refractivity contribution in [2.24, 2.45) is 5.92 Å². The summed E-state index contributed by atoms with van der Waals surface area (Å²) in [4.78, 5) is 35.0. The highest BCUT2D eigenvalue weighted by Crippen LogP contribution is 2.30. The van der Waals surface area contributed by atoms with Crippen molar-refractivity contribution in [2.75, 3.05) is 19.6 Å². The molecule has 1 saturated heterocycles. The number of nitrogens with zero attached hydrogens (tertiary/aromatic N) is 3. The zero-order valence-corrected chi connectivity index (χ0v) is 20.0. The Morgan fingerprint density at radius 2 is 2.09 bits per heavy atom. The standard InChI is InChI=1S/C26H31N3O2S/c1-18(2)26(31)29(13-6-12-28-11-4-8-24(28)30)17-21-16-20-15-19(3)9-10-22(20)27-25(21)23-7-5-14-32-23/h5,7,9-10,14-16,18H,4,6,8,11-13,17H2,1-3H3. The van der Waals surface area contributed by atoms with Crippen LogP contribution >= 0.6 is 11.3 Å². The smallest absolute Gasteiger partial charge is 0.225 e. The van der Waals surface area contributed by atoms with E-state index in [2.05, 4.69) is 42.6 Å². The summed E-state index contributed by atoms with van der Waals surface area (Å²) in [5.74, 6) is 0.296. The van der Waals surface area contributed by atoms with Gasteiger partial charge in [-0.2, -0.15) is 0 Å². The molecule has 1 aliphatic rings. The summed E-state index contributed by atoms with van der Waals surface area (Å²) in [6.07, 6.45) is 2.39. The highest BCUT2D eigenvalue weighted by Gasteiger charge is 2.23. The Hall–Kier alpha value is -2.73. The quantitative estimate of drug-likeness (QED) is 0.471. The number of hydrogen-bond acceptors (Lipinski definition) is 4. The van der Waals surface area contributed by atoms with Gasteiger partial charge in [-0.1, -0.05) is 31.5 Å². The summed E-state index contributed by atoms with van der Waals surface area (Å²) in [5.41, 5.74) is 4.18. The van der Waals surface area contributed by atoms with Gasteiger partial charge >= 0.3 is 0 Å². The fourth-order valence-corrected chi connectivity index (χ4v) is 5.07. The molecule has 168 valence electrons. The highest BCUT2D eigenvalue weighted by atomic mass is 32.1. The normalized spacial score (nSPS) is 14.0. The van der Waals surface area contributed by atoms with Crippen molar-refractivity contribution >= 4 is 34.1 Å². The molecule has 0 radical (unpaired) electrons. The van der Waals surface area contributed by atoms with Crippen LogP contribution < -0.4 is 0 Å². The molecule has 2 amide bonds. The second-order valence-electron chi connectivity index (χ2n) is 8.92. The van der Waals surface area contributed by atoms with E-state index in [-0.39, 0.29) is 17.7 Å². The van der Waals surface area contributed by atoms with Gasteiger partial charge < -0.3 is 9.80 Å². The van der Waals surface area contributed by atoms with Crippen LogP contribution in [0.2, 0.25) is 0 Å². The largest absolute Gasteiger partial charge is 0.343 e. The van der Waals surface area contributed by atoms with Gasteiger partial charge in [0.25, 0.3) is 0 Å². The lowest BCUT2D eigenvalue weighted by Crippen LogP contribution is -2.36. The molecule has 0 atom stereocenters. The molecule has 32 heavy (non-hydrogen) atoms. The van der Waals surface area contributed by atoms with Crippen molar-refractivity contribution in [3.63, 3.8) is 0 Å². The van der Waals surface area contributed by atoms with Crippen LogP contribution in [0, 0.1) is 12.8 Å². The maximum absolute atomic E-state index is 13.1. The number of aryl methyl sites for hydroxylation is 1. The number of likely N-dealkylation sites (tertiary alicyclic amines) is 1. The van der Waals surface area contributed by atoms with E-state index >= 15 is 0 Å². The number of fused-ring (bicyclic) bond motifs is 1. The van der Waals surface area contributed by atoms with Crippen LogP contribution in [-0.2, 0) is 16.1 Å². The molecule has 1 fully saturated rings. The molecule has 4 rings (SSSR count). The van der Waals surface area contributed by atoms with Crippen LogP contribution in [0.3, 0.4) is 0 Å². The monoisotopic (exact) mass is 449 g/mol. The second-order valence-corrected chi connectivity index (χ2v) is 9.87. The van der Waals surface area contributed by atoms with Crippen molar-refractivity contribution in [1.29, 1.82) is 0 Å². The topological polar surface area (TPSA) is 53.5 Å². The Labute approximate surface area is 194 Å². The minimum Gasteiger partial charge on any atom is -0.343 e. The average molecular weight is 450 g/mol. The van der Waals surface area contributed by atoms with E-state index in [0.29, 0.717) is 26.1 Å². The minimum absolute atomic E-state index is 0.0794. The van der Waals surface area contributed by atoms with E-state index in [1.165, 1.54) is 5.56 Å². The molecule has 1 aliphatic heterocycles. The van der Waals surface area contributed by atoms with E-state index in [0.717, 1.165) is 46.4 Å². The van der Waals surface area contributed by atoms with Gasteiger partial charge in [-0.05, 0) is 55.0 Å². The third-order valence-electron chi connectivity index (χ3n) is 6.00. The van der Waals surface area contributed by atoms with Gasteiger partial charge in [0.15, 0.2) is 0 Å². The number of aromatic nitrogens is 1. The molecule has 5 nitrogen and oxygen atoms in total. The van der Waals surface area contributed by atoms with Gasteiger partial charge in [0.05, 0.1) is 16.1 Å². The van der Waals surface area contributed by atoms with E-state index in [1.807, 2.05) is 29.7 Å². The first-order valence-electron chi connectivity index (χ1n) is 11.4. The molecule has 0 unspecified atom stereocenters. The number of carbonyl (C=O) groups excluding carboxylic acids is 2. The molecule has 1 aromatic carbocycles. The van der Waals surface area contributed by atoms with Gasteiger partial charge in [-0.15, -0.1) is 11.3 Å². The fraction of sp³-hybridized carbons (Fsp3) is 0.423. The molecule has 3 heterocycles. The number of rotatable bonds is 8. The number of hydrogen-bond donors (Lipinski definition) is 0. The van der Waals surface area contributed by atoms with Crippen LogP contribution in [0.15, 0.2) is 41.8 Å². The summed E-state index contributed by atoms with van der Waals surface area (Å²) < 4.78 is 0. The van der Waals surface area contributed by atoms with Crippen molar-refractivity contribution in [3.05, 3.63) is 52.9 Å². The van der Waals surface area contributed by atoms with E-state index < -0.39 is 0 Å². The lowest BCUT2D eigenvalue weighted by atomic mass is 10.0.